The SMILES string of the molecule is COc1ccc(CC(=O)Nc2cc(C3CC3)nn2-c2nc(-c3ccccc3)cc(=O)[nH]2)cc1. The zero-order valence-electron chi connectivity index (χ0n) is 18.1. The molecule has 1 amide bonds. The lowest BCUT2D eigenvalue weighted by molar-refractivity contribution is -0.115. The van der Waals surface area contributed by atoms with E-state index in [1.165, 1.54) is 10.7 Å². The Bertz CT molecular complexity index is 1340. The van der Waals surface area contributed by atoms with Gasteiger partial charge >= 0.3 is 0 Å². The topological polar surface area (TPSA) is 102 Å². The van der Waals surface area contributed by atoms with Crippen LogP contribution in [-0.4, -0.2) is 32.8 Å². The highest BCUT2D eigenvalue weighted by molar-refractivity contribution is 5.91. The second kappa shape index (κ2) is 8.74. The van der Waals surface area contributed by atoms with E-state index in [2.05, 4.69) is 20.4 Å². The summed E-state index contributed by atoms with van der Waals surface area (Å²) in [5, 5.41) is 7.59. The monoisotopic (exact) mass is 441 g/mol. The molecule has 0 radical (unpaired) electrons. The maximum Gasteiger partial charge on any atom is 0.252 e. The van der Waals surface area contributed by atoms with Gasteiger partial charge in [0.25, 0.3) is 5.56 Å². The smallest absolute Gasteiger partial charge is 0.252 e. The van der Waals surface area contributed by atoms with Gasteiger partial charge in [-0.15, -0.1) is 0 Å². The summed E-state index contributed by atoms with van der Waals surface area (Å²) in [5.41, 5.74) is 2.80. The molecule has 1 aliphatic rings. The van der Waals surface area contributed by atoms with Crippen LogP contribution in [0.25, 0.3) is 17.2 Å². The van der Waals surface area contributed by atoms with Crippen molar-refractivity contribution in [2.75, 3.05) is 12.4 Å². The fraction of sp³-hybridized carbons (Fsp3) is 0.200. The van der Waals surface area contributed by atoms with E-state index in [-0.39, 0.29) is 23.8 Å². The van der Waals surface area contributed by atoms with Crippen molar-refractivity contribution < 1.29 is 9.53 Å². The van der Waals surface area contributed by atoms with Crippen molar-refractivity contribution in [2.45, 2.75) is 25.2 Å². The summed E-state index contributed by atoms with van der Waals surface area (Å²) in [4.78, 5) is 32.6. The van der Waals surface area contributed by atoms with Gasteiger partial charge in [0.1, 0.15) is 11.6 Å². The standard InChI is InChI=1S/C25H23N5O3/c1-33-19-11-7-16(8-12-19)13-23(31)27-22-14-21(18-9-10-18)29-30(22)25-26-20(15-24(32)28-25)17-5-3-2-4-6-17/h2-8,11-12,14-15,18H,9-10,13H2,1H3,(H,27,31)(H,26,28,32). The first-order chi connectivity index (χ1) is 16.1. The zero-order chi connectivity index (χ0) is 22.8. The molecule has 1 fully saturated rings. The molecule has 2 heterocycles. The van der Waals surface area contributed by atoms with E-state index in [0.717, 1.165) is 35.4 Å². The number of hydrogen-bond acceptors (Lipinski definition) is 5. The number of carbonyl (C=O) groups excluding carboxylic acids is 1. The van der Waals surface area contributed by atoms with Crippen LogP contribution in [0.2, 0.25) is 0 Å². The maximum atomic E-state index is 12.8. The van der Waals surface area contributed by atoms with Gasteiger partial charge < -0.3 is 10.1 Å². The quantitative estimate of drug-likeness (QED) is 0.455. The Hall–Kier alpha value is -4.20. The molecule has 33 heavy (non-hydrogen) atoms. The Kier molecular flexibility index (Phi) is 5.48. The van der Waals surface area contributed by atoms with Gasteiger partial charge in [0.15, 0.2) is 0 Å². The first-order valence-corrected chi connectivity index (χ1v) is 10.8. The van der Waals surface area contributed by atoms with E-state index in [9.17, 15) is 9.59 Å². The molecule has 0 aliphatic heterocycles. The fourth-order valence-corrected chi connectivity index (χ4v) is 3.65. The lowest BCUT2D eigenvalue weighted by Crippen LogP contribution is -2.20. The van der Waals surface area contributed by atoms with Crippen LogP contribution in [0.1, 0.15) is 30.0 Å². The highest BCUT2D eigenvalue weighted by Gasteiger charge is 2.28. The molecular formula is C25H23N5O3. The molecular weight excluding hydrogens is 418 g/mol. The molecule has 0 saturated heterocycles. The molecule has 0 atom stereocenters. The third-order valence-corrected chi connectivity index (χ3v) is 5.51. The molecule has 2 aromatic carbocycles. The fourth-order valence-electron chi connectivity index (χ4n) is 3.65. The summed E-state index contributed by atoms with van der Waals surface area (Å²) < 4.78 is 6.68. The number of aromatic amines is 1. The molecule has 4 aromatic rings. The number of methoxy groups -OCH3 is 1. The van der Waals surface area contributed by atoms with Gasteiger partial charge in [-0.25, -0.2) is 4.98 Å². The van der Waals surface area contributed by atoms with Crippen LogP contribution in [0.5, 0.6) is 5.75 Å². The average Bonchev–Trinajstić information content (AvgIpc) is 3.60. The van der Waals surface area contributed by atoms with Gasteiger partial charge in [0.05, 0.1) is 24.9 Å². The number of hydrogen-bond donors (Lipinski definition) is 2. The van der Waals surface area contributed by atoms with E-state index < -0.39 is 0 Å². The number of nitrogens with one attached hydrogen (secondary N) is 2. The minimum atomic E-state index is -0.294. The molecule has 166 valence electrons. The first-order valence-electron chi connectivity index (χ1n) is 10.8. The van der Waals surface area contributed by atoms with Gasteiger partial charge in [-0.05, 0) is 30.5 Å². The Morgan fingerprint density at radius 3 is 2.58 bits per heavy atom. The first kappa shape index (κ1) is 20.7. The van der Waals surface area contributed by atoms with E-state index in [1.54, 1.807) is 7.11 Å². The molecule has 1 aliphatic carbocycles. The molecule has 5 rings (SSSR count). The molecule has 2 N–H and O–H groups in total. The van der Waals surface area contributed by atoms with Crippen LogP contribution in [0.4, 0.5) is 5.82 Å². The van der Waals surface area contributed by atoms with Crippen LogP contribution >= 0.6 is 0 Å². The zero-order valence-corrected chi connectivity index (χ0v) is 18.1. The number of H-pyrrole nitrogens is 1. The number of carbonyl (C=O) groups is 1. The molecule has 8 heteroatoms. The van der Waals surface area contributed by atoms with Crippen LogP contribution in [0.3, 0.4) is 0 Å². The molecule has 8 nitrogen and oxygen atoms in total. The number of ether oxygens (including phenoxy) is 1. The van der Waals surface area contributed by atoms with Crippen molar-refractivity contribution >= 4 is 11.7 Å². The summed E-state index contributed by atoms with van der Waals surface area (Å²) in [6.45, 7) is 0. The largest absolute Gasteiger partial charge is 0.497 e. The minimum Gasteiger partial charge on any atom is -0.497 e. The number of nitrogens with zero attached hydrogens (tertiary/aromatic N) is 3. The van der Waals surface area contributed by atoms with E-state index >= 15 is 0 Å². The summed E-state index contributed by atoms with van der Waals surface area (Å²) in [6.07, 6.45) is 2.32. The van der Waals surface area contributed by atoms with Gasteiger partial charge in [0.2, 0.25) is 11.9 Å². The van der Waals surface area contributed by atoms with Gasteiger partial charge in [-0.3, -0.25) is 14.6 Å². The Morgan fingerprint density at radius 1 is 1.12 bits per heavy atom. The third-order valence-electron chi connectivity index (χ3n) is 5.51. The molecule has 0 bridgehead atoms. The van der Waals surface area contributed by atoms with Gasteiger partial charge in [0, 0.05) is 23.6 Å². The molecule has 1 saturated carbocycles. The maximum absolute atomic E-state index is 12.8. The molecule has 0 unspecified atom stereocenters. The normalized spacial score (nSPS) is 13.0. The summed E-state index contributed by atoms with van der Waals surface area (Å²) in [7, 11) is 1.60. The van der Waals surface area contributed by atoms with Gasteiger partial charge in [-0.2, -0.15) is 9.78 Å². The summed E-state index contributed by atoms with van der Waals surface area (Å²) >= 11 is 0. The molecule has 2 aromatic heterocycles. The number of rotatable bonds is 7. The van der Waals surface area contributed by atoms with E-state index in [4.69, 9.17) is 4.74 Å². The predicted molar refractivity (Wildman–Crippen MR) is 125 cm³/mol. The van der Waals surface area contributed by atoms with Crippen molar-refractivity contribution in [1.29, 1.82) is 0 Å². The van der Waals surface area contributed by atoms with E-state index in [0.29, 0.717) is 17.4 Å². The van der Waals surface area contributed by atoms with E-state index in [1.807, 2.05) is 60.7 Å². The number of amides is 1. The Morgan fingerprint density at radius 2 is 1.88 bits per heavy atom. The van der Waals surface area contributed by atoms with Crippen molar-refractivity contribution in [1.82, 2.24) is 19.7 Å². The van der Waals surface area contributed by atoms with Crippen molar-refractivity contribution in [3.63, 3.8) is 0 Å². The Balaban J connectivity index is 1.45. The second-order valence-corrected chi connectivity index (χ2v) is 8.03. The number of aromatic nitrogens is 4. The van der Waals surface area contributed by atoms with Gasteiger partial charge in [-0.1, -0.05) is 42.5 Å². The van der Waals surface area contributed by atoms with Crippen molar-refractivity contribution in [2.24, 2.45) is 0 Å². The summed E-state index contributed by atoms with van der Waals surface area (Å²) in [6, 6.07) is 20.1. The van der Waals surface area contributed by atoms with Crippen LogP contribution in [-0.2, 0) is 11.2 Å². The highest BCUT2D eigenvalue weighted by Crippen LogP contribution is 2.40. The number of benzene rings is 2. The highest BCUT2D eigenvalue weighted by atomic mass is 16.5. The van der Waals surface area contributed by atoms with Crippen LogP contribution < -0.4 is 15.6 Å². The second-order valence-electron chi connectivity index (χ2n) is 8.03. The number of anilines is 1. The molecule has 0 spiro atoms. The van der Waals surface area contributed by atoms with Crippen molar-refractivity contribution in [3.8, 4) is 23.0 Å². The lowest BCUT2D eigenvalue weighted by atomic mass is 10.1. The lowest BCUT2D eigenvalue weighted by Gasteiger charge is -2.10. The Labute approximate surface area is 190 Å². The summed E-state index contributed by atoms with van der Waals surface area (Å²) in [5.74, 6) is 1.65. The van der Waals surface area contributed by atoms with Crippen LogP contribution in [0, 0.1) is 0 Å². The predicted octanol–water partition coefficient (Wildman–Crippen LogP) is 3.69. The third kappa shape index (κ3) is 4.69. The average molecular weight is 441 g/mol. The van der Waals surface area contributed by atoms with Crippen molar-refractivity contribution in [3.05, 3.63) is 88.3 Å². The minimum absolute atomic E-state index is 0.190. The van der Waals surface area contributed by atoms with Crippen LogP contribution in [0.15, 0.2) is 71.5 Å².